The molecule has 0 spiro atoms. The van der Waals surface area contributed by atoms with Gasteiger partial charge in [-0.15, -0.1) is 5.10 Å². The Morgan fingerprint density at radius 1 is 1.10 bits per heavy atom. The van der Waals surface area contributed by atoms with Gasteiger partial charge >= 0.3 is 0 Å². The van der Waals surface area contributed by atoms with Crippen LogP contribution in [-0.2, 0) is 11.3 Å². The molecule has 1 aromatic carbocycles. The Morgan fingerprint density at radius 2 is 1.79 bits per heavy atom. The van der Waals surface area contributed by atoms with Crippen molar-refractivity contribution < 1.29 is 22.4 Å². The number of hydrogen-bond donors (Lipinski definition) is 1. The number of carbonyl (C=O) groups is 1. The van der Waals surface area contributed by atoms with Gasteiger partial charge in [0.05, 0.1) is 6.54 Å². The van der Waals surface area contributed by atoms with Crippen LogP contribution in [0.1, 0.15) is 48.3 Å². The van der Waals surface area contributed by atoms with Gasteiger partial charge in [0.1, 0.15) is 23.8 Å². The molecule has 1 amide bonds. The number of halogens is 4. The zero-order chi connectivity index (χ0) is 21.1. The number of nitrogens with zero attached hydrogens (tertiary/aromatic N) is 5. The van der Waals surface area contributed by atoms with Crippen molar-refractivity contribution in [1.29, 1.82) is 0 Å². The van der Waals surface area contributed by atoms with Crippen molar-refractivity contribution in [3.05, 3.63) is 59.2 Å². The Balaban J connectivity index is 1.70. The van der Waals surface area contributed by atoms with Crippen LogP contribution in [0.25, 0.3) is 0 Å². The summed E-state index contributed by atoms with van der Waals surface area (Å²) in [6, 6.07) is 7.09. The smallest absolute Gasteiger partial charge is 0.282 e. The van der Waals surface area contributed by atoms with Gasteiger partial charge in [0, 0.05) is 0 Å². The van der Waals surface area contributed by atoms with Crippen LogP contribution in [0.15, 0.2) is 36.7 Å². The Labute approximate surface area is 163 Å². The molecule has 29 heavy (non-hydrogen) atoms. The zero-order valence-corrected chi connectivity index (χ0v) is 15.6. The summed E-state index contributed by atoms with van der Waals surface area (Å²) < 4.78 is 53.9. The van der Waals surface area contributed by atoms with E-state index >= 15 is 0 Å². The van der Waals surface area contributed by atoms with Gasteiger partial charge in [-0.05, 0) is 25.5 Å². The molecule has 0 aliphatic heterocycles. The van der Waals surface area contributed by atoms with Crippen LogP contribution < -0.4 is 5.32 Å². The highest BCUT2D eigenvalue weighted by atomic mass is 19.3. The van der Waals surface area contributed by atoms with Gasteiger partial charge in [-0.3, -0.25) is 14.8 Å². The van der Waals surface area contributed by atoms with E-state index in [1.54, 1.807) is 0 Å². The predicted molar refractivity (Wildman–Crippen MR) is 95.8 cm³/mol. The lowest BCUT2D eigenvalue weighted by atomic mass is 10.1. The maximum Gasteiger partial charge on any atom is 0.282 e. The number of aromatic nitrogens is 5. The van der Waals surface area contributed by atoms with Crippen LogP contribution in [0.2, 0.25) is 0 Å². The van der Waals surface area contributed by atoms with Crippen molar-refractivity contribution in [1.82, 2.24) is 24.5 Å². The molecule has 0 aliphatic rings. The highest BCUT2D eigenvalue weighted by molar-refractivity contribution is 5.91. The average Bonchev–Trinajstić information content (AvgIpc) is 3.30. The Kier molecular flexibility index (Phi) is 5.95. The van der Waals surface area contributed by atoms with Crippen molar-refractivity contribution in [2.75, 3.05) is 5.32 Å². The summed E-state index contributed by atoms with van der Waals surface area (Å²) in [6.45, 7) is 3.66. The van der Waals surface area contributed by atoms with E-state index in [9.17, 15) is 22.4 Å². The Bertz CT molecular complexity index is 983. The molecule has 0 fully saturated rings. The lowest BCUT2D eigenvalue weighted by Gasteiger charge is -2.14. The van der Waals surface area contributed by atoms with Crippen LogP contribution in [0, 0.1) is 6.92 Å². The van der Waals surface area contributed by atoms with E-state index in [-0.39, 0.29) is 5.95 Å². The summed E-state index contributed by atoms with van der Waals surface area (Å²) in [5.41, 5.74) is 0.511. The van der Waals surface area contributed by atoms with E-state index in [1.807, 2.05) is 31.2 Å². The highest BCUT2D eigenvalue weighted by Crippen LogP contribution is 2.27. The van der Waals surface area contributed by atoms with E-state index in [4.69, 9.17) is 0 Å². The zero-order valence-electron chi connectivity index (χ0n) is 15.6. The lowest BCUT2D eigenvalue weighted by Crippen LogP contribution is -2.26. The van der Waals surface area contributed by atoms with Crippen molar-refractivity contribution in [2.45, 2.75) is 39.3 Å². The van der Waals surface area contributed by atoms with Crippen LogP contribution in [0.3, 0.4) is 0 Å². The summed E-state index contributed by atoms with van der Waals surface area (Å²) in [6.07, 6.45) is -4.67. The lowest BCUT2D eigenvalue weighted by molar-refractivity contribution is -0.119. The van der Waals surface area contributed by atoms with Crippen molar-refractivity contribution in [3.63, 3.8) is 0 Å². The van der Waals surface area contributed by atoms with Gasteiger partial charge in [-0.25, -0.2) is 27.2 Å². The van der Waals surface area contributed by atoms with Gasteiger partial charge < -0.3 is 0 Å². The van der Waals surface area contributed by atoms with E-state index < -0.39 is 36.2 Å². The first-order valence-corrected chi connectivity index (χ1v) is 8.66. The molecule has 1 unspecified atom stereocenters. The first-order valence-electron chi connectivity index (χ1n) is 8.66. The molecule has 1 N–H and O–H groups in total. The number of hydrogen-bond acceptors (Lipinski definition) is 4. The molecule has 154 valence electrons. The number of carbonyl (C=O) groups excluding carboxylic acids is 1. The summed E-state index contributed by atoms with van der Waals surface area (Å²) in [5.74, 6) is -0.794. The molecule has 0 saturated heterocycles. The van der Waals surface area contributed by atoms with E-state index in [1.165, 1.54) is 17.9 Å². The molecular weight excluding hydrogens is 392 g/mol. The van der Waals surface area contributed by atoms with Gasteiger partial charge in [0.15, 0.2) is 0 Å². The molecule has 0 bridgehead atoms. The molecule has 0 aliphatic carbocycles. The van der Waals surface area contributed by atoms with Crippen molar-refractivity contribution in [2.24, 2.45) is 0 Å². The number of aryl methyl sites for hydroxylation is 1. The number of alkyl halides is 4. The highest BCUT2D eigenvalue weighted by Gasteiger charge is 2.27. The van der Waals surface area contributed by atoms with Gasteiger partial charge in [-0.2, -0.15) is 5.10 Å². The van der Waals surface area contributed by atoms with E-state index in [0.29, 0.717) is 17.3 Å². The normalized spacial score (nSPS) is 12.6. The molecule has 0 saturated carbocycles. The summed E-state index contributed by atoms with van der Waals surface area (Å²) in [7, 11) is 0. The number of nitrogens with one attached hydrogen (secondary N) is 1. The molecular formula is C18H18F4N6O. The number of rotatable bonds is 7. The fourth-order valence-electron chi connectivity index (χ4n) is 2.64. The third-order valence-electron chi connectivity index (χ3n) is 4.21. The second-order valence-electron chi connectivity index (χ2n) is 6.46. The second kappa shape index (κ2) is 8.41. The molecule has 2 aromatic heterocycles. The fraction of sp³-hybridized carbons (Fsp3) is 0.333. The van der Waals surface area contributed by atoms with Crippen LogP contribution in [0.5, 0.6) is 0 Å². The van der Waals surface area contributed by atoms with Crippen molar-refractivity contribution >= 4 is 11.9 Å². The van der Waals surface area contributed by atoms with Crippen LogP contribution >= 0.6 is 0 Å². The van der Waals surface area contributed by atoms with Crippen molar-refractivity contribution in [3.8, 4) is 0 Å². The maximum atomic E-state index is 13.1. The van der Waals surface area contributed by atoms with Crippen LogP contribution in [0.4, 0.5) is 23.5 Å². The summed E-state index contributed by atoms with van der Waals surface area (Å²) in [4.78, 5) is 16.3. The maximum absolute atomic E-state index is 13.1. The van der Waals surface area contributed by atoms with E-state index in [0.717, 1.165) is 11.1 Å². The first kappa shape index (κ1) is 20.5. The quantitative estimate of drug-likeness (QED) is 0.599. The minimum absolute atomic E-state index is 0.0335. The molecule has 2 heterocycles. The Hall–Kier alpha value is -3.24. The van der Waals surface area contributed by atoms with Gasteiger partial charge in [-0.1, -0.05) is 29.8 Å². The average molecular weight is 410 g/mol. The Morgan fingerprint density at radius 3 is 2.41 bits per heavy atom. The van der Waals surface area contributed by atoms with Crippen LogP contribution in [-0.4, -0.2) is 30.5 Å². The molecule has 3 aromatic rings. The first-order chi connectivity index (χ1) is 13.7. The van der Waals surface area contributed by atoms with E-state index in [2.05, 4.69) is 20.5 Å². The number of benzene rings is 1. The third-order valence-corrected chi connectivity index (χ3v) is 4.21. The topological polar surface area (TPSA) is 77.6 Å². The SMILES string of the molecule is Cc1ccc(Cn2cnc(NC(=O)C(C)n3nc(C(F)F)cc3C(F)F)n2)cc1. The summed E-state index contributed by atoms with van der Waals surface area (Å²) in [5, 5.41) is 9.94. The standard InChI is InChI=1S/C18H18F4N6O/c1-10-3-5-12(6-4-10)8-27-9-23-18(26-27)24-17(29)11(2)28-14(16(21)22)7-13(25-28)15(19)20/h3-7,9,11,15-16H,8H2,1-2H3,(H,24,26,29). The number of amides is 1. The van der Waals surface area contributed by atoms with Gasteiger partial charge in [0.2, 0.25) is 5.95 Å². The molecule has 11 heteroatoms. The summed E-state index contributed by atoms with van der Waals surface area (Å²) >= 11 is 0. The molecule has 3 rings (SSSR count). The predicted octanol–water partition coefficient (Wildman–Crippen LogP) is 3.91. The largest absolute Gasteiger partial charge is 0.291 e. The molecule has 0 radical (unpaired) electrons. The monoisotopic (exact) mass is 410 g/mol. The second-order valence-corrected chi connectivity index (χ2v) is 6.46. The molecule has 1 atom stereocenters. The minimum Gasteiger partial charge on any atom is -0.291 e. The third kappa shape index (κ3) is 4.79. The minimum atomic E-state index is -3.06. The molecule has 7 nitrogen and oxygen atoms in total. The van der Waals surface area contributed by atoms with Gasteiger partial charge in [0.25, 0.3) is 18.8 Å². The fourth-order valence-corrected chi connectivity index (χ4v) is 2.64. The number of anilines is 1.